The molecule has 0 aliphatic rings. The van der Waals surface area contributed by atoms with E-state index in [9.17, 15) is 14.9 Å². The molecular formula is C10H8ClN5O3. The molecule has 2 N–H and O–H groups in total. The third-order valence-corrected chi connectivity index (χ3v) is 2.37. The second-order valence-electron chi connectivity index (χ2n) is 3.64. The molecule has 9 heteroatoms. The van der Waals surface area contributed by atoms with E-state index < -0.39 is 10.8 Å². The number of aromatic nitrogens is 3. The zero-order chi connectivity index (χ0) is 14.0. The Bertz CT molecular complexity index is 634. The minimum absolute atomic E-state index is 0.0345. The highest BCUT2D eigenvalue weighted by Gasteiger charge is 2.15. The molecule has 0 spiro atoms. The molecule has 0 atom stereocenters. The molecule has 2 aromatic rings. The summed E-state index contributed by atoms with van der Waals surface area (Å²) >= 11 is 5.73. The van der Waals surface area contributed by atoms with E-state index in [1.165, 1.54) is 6.07 Å². The zero-order valence-corrected chi connectivity index (χ0v) is 10.4. The van der Waals surface area contributed by atoms with Crippen LogP contribution in [0.5, 0.6) is 0 Å². The number of hydrogen-bond donors (Lipinski definition) is 2. The molecular weight excluding hydrogens is 274 g/mol. The number of halogens is 1. The van der Waals surface area contributed by atoms with E-state index in [1.54, 1.807) is 6.92 Å². The topological polar surface area (TPSA) is 114 Å². The van der Waals surface area contributed by atoms with Gasteiger partial charge in [0.25, 0.3) is 11.6 Å². The van der Waals surface area contributed by atoms with Crippen LogP contribution in [-0.2, 0) is 0 Å². The molecule has 0 aliphatic carbocycles. The van der Waals surface area contributed by atoms with Crippen LogP contribution >= 0.6 is 11.6 Å². The van der Waals surface area contributed by atoms with Gasteiger partial charge < -0.3 is 4.98 Å². The molecule has 1 amide bonds. The third-order valence-electron chi connectivity index (χ3n) is 2.17. The van der Waals surface area contributed by atoms with E-state index >= 15 is 0 Å². The zero-order valence-electron chi connectivity index (χ0n) is 9.68. The van der Waals surface area contributed by atoms with E-state index in [0.29, 0.717) is 5.69 Å². The van der Waals surface area contributed by atoms with Crippen LogP contribution in [0.25, 0.3) is 0 Å². The minimum atomic E-state index is -0.604. The van der Waals surface area contributed by atoms with Crippen molar-refractivity contribution in [2.45, 2.75) is 6.92 Å². The van der Waals surface area contributed by atoms with Gasteiger partial charge in [-0.1, -0.05) is 11.6 Å². The molecule has 0 saturated carbocycles. The van der Waals surface area contributed by atoms with E-state index in [4.69, 9.17) is 11.6 Å². The Morgan fingerprint density at radius 2 is 2.21 bits per heavy atom. The SMILES string of the molecule is Cc1cc(Cl)nc(NC(=O)c2cc([N+](=O)[O-])c[nH]2)n1. The number of H-pyrrole nitrogens is 1. The van der Waals surface area contributed by atoms with Crippen LogP contribution in [0.3, 0.4) is 0 Å². The highest BCUT2D eigenvalue weighted by molar-refractivity contribution is 6.29. The highest BCUT2D eigenvalue weighted by atomic mass is 35.5. The van der Waals surface area contributed by atoms with Crippen molar-refractivity contribution in [1.29, 1.82) is 0 Å². The number of amides is 1. The lowest BCUT2D eigenvalue weighted by atomic mass is 10.4. The monoisotopic (exact) mass is 281 g/mol. The quantitative estimate of drug-likeness (QED) is 0.507. The predicted octanol–water partition coefficient (Wildman–Crippen LogP) is 1.93. The Morgan fingerprint density at radius 3 is 2.79 bits per heavy atom. The smallest absolute Gasteiger partial charge is 0.287 e. The van der Waals surface area contributed by atoms with Gasteiger partial charge in [-0.25, -0.2) is 9.97 Å². The first-order chi connectivity index (χ1) is 8.95. The van der Waals surface area contributed by atoms with Crippen molar-refractivity contribution in [2.75, 3.05) is 5.32 Å². The van der Waals surface area contributed by atoms with Gasteiger partial charge in [0.05, 0.1) is 11.1 Å². The second-order valence-corrected chi connectivity index (χ2v) is 4.03. The molecule has 0 aliphatic heterocycles. The van der Waals surface area contributed by atoms with Crippen LogP contribution in [0.2, 0.25) is 5.15 Å². The van der Waals surface area contributed by atoms with Gasteiger partial charge in [0.15, 0.2) is 0 Å². The van der Waals surface area contributed by atoms with Crippen LogP contribution in [-0.4, -0.2) is 25.8 Å². The van der Waals surface area contributed by atoms with Crippen molar-refractivity contribution >= 4 is 29.1 Å². The molecule has 0 aromatic carbocycles. The molecule has 2 rings (SSSR count). The van der Waals surface area contributed by atoms with E-state index in [-0.39, 0.29) is 22.5 Å². The highest BCUT2D eigenvalue weighted by Crippen LogP contribution is 2.14. The molecule has 98 valence electrons. The van der Waals surface area contributed by atoms with Gasteiger partial charge >= 0.3 is 0 Å². The van der Waals surface area contributed by atoms with Crippen molar-refractivity contribution in [3.63, 3.8) is 0 Å². The summed E-state index contributed by atoms with van der Waals surface area (Å²) in [5.41, 5.74) is 0.425. The number of hydrogen-bond acceptors (Lipinski definition) is 5. The summed E-state index contributed by atoms with van der Waals surface area (Å²) < 4.78 is 0. The fourth-order valence-corrected chi connectivity index (χ4v) is 1.61. The number of nitro groups is 1. The molecule has 0 bridgehead atoms. The lowest BCUT2D eigenvalue weighted by Gasteiger charge is -2.03. The second kappa shape index (κ2) is 5.02. The lowest BCUT2D eigenvalue weighted by Crippen LogP contribution is -2.14. The van der Waals surface area contributed by atoms with E-state index in [0.717, 1.165) is 12.3 Å². The van der Waals surface area contributed by atoms with E-state index in [1.807, 2.05) is 0 Å². The van der Waals surface area contributed by atoms with Crippen LogP contribution in [0.1, 0.15) is 16.2 Å². The van der Waals surface area contributed by atoms with Gasteiger partial charge in [-0.05, 0) is 13.0 Å². The fourth-order valence-electron chi connectivity index (χ4n) is 1.37. The standard InChI is InChI=1S/C10H8ClN5O3/c1-5-2-8(11)14-10(13-5)15-9(17)7-3-6(4-12-7)16(18)19/h2-4,12H,1H3,(H,13,14,15,17). The molecule has 19 heavy (non-hydrogen) atoms. The van der Waals surface area contributed by atoms with Gasteiger partial charge in [-0.2, -0.15) is 0 Å². The average molecular weight is 282 g/mol. The Hall–Kier alpha value is -2.48. The summed E-state index contributed by atoms with van der Waals surface area (Å²) in [6.07, 6.45) is 1.12. The fraction of sp³-hybridized carbons (Fsp3) is 0.100. The first kappa shape index (κ1) is 13.0. The van der Waals surface area contributed by atoms with Crippen molar-refractivity contribution in [2.24, 2.45) is 0 Å². The first-order valence-electron chi connectivity index (χ1n) is 5.11. The molecule has 0 fully saturated rings. The number of carbonyl (C=O) groups is 1. The molecule has 8 nitrogen and oxygen atoms in total. The number of aryl methyl sites for hydroxylation is 1. The van der Waals surface area contributed by atoms with Gasteiger partial charge in [-0.3, -0.25) is 20.2 Å². The Morgan fingerprint density at radius 1 is 1.47 bits per heavy atom. The lowest BCUT2D eigenvalue weighted by molar-refractivity contribution is -0.384. The van der Waals surface area contributed by atoms with Gasteiger partial charge in [0.2, 0.25) is 5.95 Å². The largest absolute Gasteiger partial charge is 0.351 e. The normalized spacial score (nSPS) is 10.2. The number of anilines is 1. The van der Waals surface area contributed by atoms with E-state index in [2.05, 4.69) is 20.3 Å². The van der Waals surface area contributed by atoms with Gasteiger partial charge in [0, 0.05) is 11.8 Å². The first-order valence-corrected chi connectivity index (χ1v) is 5.49. The number of rotatable bonds is 3. The van der Waals surface area contributed by atoms with Crippen LogP contribution in [0, 0.1) is 17.0 Å². The Labute approximate surface area is 112 Å². The maximum absolute atomic E-state index is 11.8. The van der Waals surface area contributed by atoms with Crippen molar-refractivity contribution < 1.29 is 9.72 Å². The predicted molar refractivity (Wildman–Crippen MR) is 67.2 cm³/mol. The number of nitrogens with one attached hydrogen (secondary N) is 2. The third kappa shape index (κ3) is 3.05. The molecule has 2 aromatic heterocycles. The summed E-state index contributed by atoms with van der Waals surface area (Å²) in [7, 11) is 0. The van der Waals surface area contributed by atoms with Crippen molar-refractivity contribution in [3.8, 4) is 0 Å². The van der Waals surface area contributed by atoms with Crippen LogP contribution in [0.4, 0.5) is 11.6 Å². The van der Waals surface area contributed by atoms with Gasteiger partial charge in [-0.15, -0.1) is 0 Å². The molecule has 0 saturated heterocycles. The maximum atomic E-state index is 11.8. The number of nitrogens with zero attached hydrogens (tertiary/aromatic N) is 3. The van der Waals surface area contributed by atoms with Crippen LogP contribution in [0.15, 0.2) is 18.3 Å². The summed E-state index contributed by atoms with van der Waals surface area (Å²) in [6.45, 7) is 1.70. The summed E-state index contributed by atoms with van der Waals surface area (Å²) in [5.74, 6) is -0.554. The molecule has 2 heterocycles. The van der Waals surface area contributed by atoms with Gasteiger partial charge in [0.1, 0.15) is 10.8 Å². The maximum Gasteiger partial charge on any atom is 0.287 e. The minimum Gasteiger partial charge on any atom is -0.351 e. The van der Waals surface area contributed by atoms with Crippen LogP contribution < -0.4 is 5.32 Å². The number of aromatic amines is 1. The van der Waals surface area contributed by atoms with Crippen molar-refractivity contribution in [3.05, 3.63) is 45.0 Å². The number of carbonyl (C=O) groups excluding carboxylic acids is 1. The average Bonchev–Trinajstić information content (AvgIpc) is 2.76. The molecule has 0 radical (unpaired) electrons. The Balaban J connectivity index is 2.18. The summed E-state index contributed by atoms with van der Waals surface area (Å²) in [6, 6.07) is 2.66. The summed E-state index contributed by atoms with van der Waals surface area (Å²) in [5, 5.41) is 13.1. The van der Waals surface area contributed by atoms with Crippen molar-refractivity contribution in [1.82, 2.24) is 15.0 Å². The summed E-state index contributed by atoms with van der Waals surface area (Å²) in [4.78, 5) is 32.0. The Kier molecular flexibility index (Phi) is 3.43. The molecule has 0 unspecified atom stereocenters.